The van der Waals surface area contributed by atoms with Crippen molar-refractivity contribution in [3.8, 4) is 11.5 Å². The summed E-state index contributed by atoms with van der Waals surface area (Å²) < 4.78 is 7.66. The summed E-state index contributed by atoms with van der Waals surface area (Å²) in [6.07, 6.45) is 7.87. The van der Waals surface area contributed by atoms with Gasteiger partial charge in [0.05, 0.1) is 24.0 Å². The maximum Gasteiger partial charge on any atom is 0.225 e. The van der Waals surface area contributed by atoms with Crippen LogP contribution in [-0.4, -0.2) is 39.3 Å². The molecule has 1 atom stereocenters. The third-order valence-electron chi connectivity index (χ3n) is 5.21. The van der Waals surface area contributed by atoms with Gasteiger partial charge in [-0.15, -0.1) is 0 Å². The topological polar surface area (TPSA) is 47.1 Å². The molecule has 0 saturated carbocycles. The van der Waals surface area contributed by atoms with Crippen molar-refractivity contribution in [2.75, 3.05) is 19.6 Å². The lowest BCUT2D eigenvalue weighted by Crippen LogP contribution is -2.48. The Morgan fingerprint density at radius 3 is 2.82 bits per heavy atom. The highest BCUT2D eigenvalue weighted by Gasteiger charge is 2.36. The maximum atomic E-state index is 5.43. The molecule has 5 heterocycles. The molecule has 3 aromatic rings. The molecule has 3 aliphatic heterocycles. The van der Waals surface area contributed by atoms with E-state index >= 15 is 0 Å². The van der Waals surface area contributed by atoms with E-state index in [2.05, 4.69) is 32.8 Å². The number of oxazole rings is 1. The summed E-state index contributed by atoms with van der Waals surface area (Å²) in [5, 5.41) is 5.89. The molecule has 3 saturated heterocycles. The Balaban J connectivity index is 1.60. The fourth-order valence-electron chi connectivity index (χ4n) is 4.01. The van der Waals surface area contributed by atoms with Crippen LogP contribution in [0.1, 0.15) is 18.9 Å². The van der Waals surface area contributed by atoms with Crippen LogP contribution in [0.5, 0.6) is 0 Å². The van der Waals surface area contributed by atoms with Crippen molar-refractivity contribution in [2.24, 2.45) is 5.92 Å². The Morgan fingerprint density at radius 2 is 2.09 bits per heavy atom. The van der Waals surface area contributed by atoms with Crippen molar-refractivity contribution in [3.63, 3.8) is 0 Å². The summed E-state index contributed by atoms with van der Waals surface area (Å²) in [6.45, 7) is 3.63. The highest BCUT2D eigenvalue weighted by molar-refractivity contribution is 5.83. The Morgan fingerprint density at radius 1 is 1.18 bits per heavy atom. The molecule has 0 radical (unpaired) electrons. The molecule has 3 aliphatic rings. The number of nitrogens with zero attached hydrogens (tertiary/aromatic N) is 4. The van der Waals surface area contributed by atoms with Crippen LogP contribution in [0.15, 0.2) is 41.3 Å². The van der Waals surface area contributed by atoms with Crippen molar-refractivity contribution < 1.29 is 4.42 Å². The standard InChI is InChI=1S/C17H18N4O/c1-2-14-10-19-21(16-11-20-6-3-12(16)4-7-20)15(14)9-13(1)17-18-5-8-22-17/h1-2,5,8-10,12,16H,3-4,6-7,11H2/t16-/m0/s1. The molecule has 5 heteroatoms. The average Bonchev–Trinajstić information content (AvgIpc) is 3.25. The van der Waals surface area contributed by atoms with Gasteiger partial charge in [-0.25, -0.2) is 4.98 Å². The number of fused-ring (bicyclic) bond motifs is 4. The van der Waals surface area contributed by atoms with E-state index in [1.807, 2.05) is 6.20 Å². The lowest BCUT2D eigenvalue weighted by atomic mass is 9.84. The predicted octanol–water partition coefficient (Wildman–Crippen LogP) is 2.96. The van der Waals surface area contributed by atoms with Gasteiger partial charge in [-0.2, -0.15) is 5.10 Å². The minimum absolute atomic E-state index is 0.500. The van der Waals surface area contributed by atoms with Gasteiger partial charge in [0.25, 0.3) is 0 Å². The van der Waals surface area contributed by atoms with Crippen molar-refractivity contribution in [2.45, 2.75) is 18.9 Å². The van der Waals surface area contributed by atoms with Crippen LogP contribution in [-0.2, 0) is 0 Å². The van der Waals surface area contributed by atoms with Crippen LogP contribution in [0.25, 0.3) is 22.4 Å². The molecule has 0 aliphatic carbocycles. The zero-order valence-corrected chi connectivity index (χ0v) is 12.4. The molecular formula is C17H18N4O. The van der Waals surface area contributed by atoms with Crippen LogP contribution in [0.3, 0.4) is 0 Å². The first-order valence-corrected chi connectivity index (χ1v) is 7.98. The summed E-state index contributed by atoms with van der Waals surface area (Å²) in [7, 11) is 0. The fraction of sp³-hybridized carbons (Fsp3) is 0.412. The van der Waals surface area contributed by atoms with E-state index < -0.39 is 0 Å². The van der Waals surface area contributed by atoms with Crippen LogP contribution in [0, 0.1) is 5.92 Å². The Kier molecular flexibility index (Phi) is 2.64. The number of hydrogen-bond donors (Lipinski definition) is 0. The van der Waals surface area contributed by atoms with E-state index in [9.17, 15) is 0 Å². The van der Waals surface area contributed by atoms with E-state index in [4.69, 9.17) is 9.52 Å². The third kappa shape index (κ3) is 1.82. The average molecular weight is 294 g/mol. The summed E-state index contributed by atoms with van der Waals surface area (Å²) in [4.78, 5) is 6.82. The summed E-state index contributed by atoms with van der Waals surface area (Å²) in [5.41, 5.74) is 2.20. The zero-order valence-electron chi connectivity index (χ0n) is 12.4. The predicted molar refractivity (Wildman–Crippen MR) is 83.4 cm³/mol. The van der Waals surface area contributed by atoms with E-state index in [1.165, 1.54) is 36.8 Å². The van der Waals surface area contributed by atoms with Crippen molar-refractivity contribution in [1.29, 1.82) is 0 Å². The zero-order chi connectivity index (χ0) is 14.5. The maximum absolute atomic E-state index is 5.43. The first-order valence-electron chi connectivity index (χ1n) is 7.98. The summed E-state index contributed by atoms with van der Waals surface area (Å²) >= 11 is 0. The highest BCUT2D eigenvalue weighted by Crippen LogP contribution is 2.37. The molecular weight excluding hydrogens is 276 g/mol. The Bertz CT molecular complexity index is 799. The third-order valence-corrected chi connectivity index (χ3v) is 5.21. The second kappa shape index (κ2) is 4.68. The Labute approximate surface area is 128 Å². The van der Waals surface area contributed by atoms with Gasteiger partial charge in [-0.3, -0.25) is 4.68 Å². The minimum atomic E-state index is 0.500. The van der Waals surface area contributed by atoms with E-state index in [1.54, 1.807) is 12.5 Å². The van der Waals surface area contributed by atoms with Gasteiger partial charge in [0.15, 0.2) is 0 Å². The van der Waals surface area contributed by atoms with Gasteiger partial charge in [-0.1, -0.05) is 6.07 Å². The van der Waals surface area contributed by atoms with Crippen molar-refractivity contribution >= 4 is 10.9 Å². The number of aromatic nitrogens is 3. The molecule has 3 fully saturated rings. The SMILES string of the molecule is c1coc(-c2ccc3cnn([C@H]4CN5CCC4CC5)c3c2)n1. The smallest absolute Gasteiger partial charge is 0.225 e. The molecule has 112 valence electrons. The second-order valence-corrected chi connectivity index (χ2v) is 6.41. The largest absolute Gasteiger partial charge is 0.445 e. The van der Waals surface area contributed by atoms with Crippen LogP contribution < -0.4 is 0 Å². The first-order chi connectivity index (χ1) is 10.9. The van der Waals surface area contributed by atoms with Gasteiger partial charge in [0.1, 0.15) is 6.26 Å². The molecule has 2 aromatic heterocycles. The summed E-state index contributed by atoms with van der Waals surface area (Å²) in [6, 6.07) is 6.82. The Hall–Kier alpha value is -2.14. The molecule has 5 nitrogen and oxygen atoms in total. The molecule has 2 bridgehead atoms. The molecule has 0 spiro atoms. The minimum Gasteiger partial charge on any atom is -0.445 e. The number of benzene rings is 1. The lowest BCUT2D eigenvalue weighted by molar-refractivity contribution is 0.0534. The van der Waals surface area contributed by atoms with Gasteiger partial charge >= 0.3 is 0 Å². The molecule has 0 N–H and O–H groups in total. The quantitative estimate of drug-likeness (QED) is 0.729. The monoisotopic (exact) mass is 294 g/mol. The van der Waals surface area contributed by atoms with Crippen molar-refractivity contribution in [1.82, 2.24) is 19.7 Å². The van der Waals surface area contributed by atoms with Gasteiger partial charge in [-0.05, 0) is 44.0 Å². The van der Waals surface area contributed by atoms with Gasteiger partial charge < -0.3 is 9.32 Å². The molecule has 0 amide bonds. The number of hydrogen-bond acceptors (Lipinski definition) is 4. The lowest BCUT2D eigenvalue weighted by Gasteiger charge is -2.44. The second-order valence-electron chi connectivity index (χ2n) is 6.41. The van der Waals surface area contributed by atoms with Crippen LogP contribution in [0.2, 0.25) is 0 Å². The van der Waals surface area contributed by atoms with Crippen LogP contribution in [0.4, 0.5) is 0 Å². The van der Waals surface area contributed by atoms with E-state index in [0.29, 0.717) is 11.9 Å². The number of rotatable bonds is 2. The first kappa shape index (κ1) is 12.4. The molecule has 6 rings (SSSR count). The van der Waals surface area contributed by atoms with Crippen molar-refractivity contribution in [3.05, 3.63) is 36.9 Å². The van der Waals surface area contributed by atoms with E-state index in [0.717, 1.165) is 18.0 Å². The summed E-state index contributed by atoms with van der Waals surface area (Å²) in [5.74, 6) is 1.43. The number of piperidine rings is 3. The van der Waals surface area contributed by atoms with Gasteiger partial charge in [0.2, 0.25) is 5.89 Å². The molecule has 0 unspecified atom stereocenters. The van der Waals surface area contributed by atoms with Gasteiger partial charge in [0, 0.05) is 17.5 Å². The molecule has 1 aromatic carbocycles. The van der Waals surface area contributed by atoms with Crippen LogP contribution >= 0.6 is 0 Å². The normalized spacial score (nSPS) is 27.5. The van der Waals surface area contributed by atoms with E-state index in [-0.39, 0.29) is 0 Å². The molecule has 22 heavy (non-hydrogen) atoms. The fourth-order valence-corrected chi connectivity index (χ4v) is 4.01. The highest BCUT2D eigenvalue weighted by atomic mass is 16.3.